The van der Waals surface area contributed by atoms with E-state index in [0.717, 1.165) is 29.7 Å². The van der Waals surface area contributed by atoms with Gasteiger partial charge in [-0.1, -0.05) is 19.8 Å². The zero-order valence-corrected chi connectivity index (χ0v) is 14.7. The topological polar surface area (TPSA) is 58.2 Å². The van der Waals surface area contributed by atoms with Gasteiger partial charge in [0.2, 0.25) is 10.0 Å². The summed E-state index contributed by atoms with van der Waals surface area (Å²) in [6.07, 6.45) is 5.43. The van der Waals surface area contributed by atoms with Gasteiger partial charge in [0.1, 0.15) is 4.90 Å². The van der Waals surface area contributed by atoms with Gasteiger partial charge in [-0.15, -0.1) is 11.3 Å². The Balaban J connectivity index is 2.08. The lowest BCUT2D eigenvalue weighted by atomic mass is 10.2. The number of nitrogens with one attached hydrogen (secondary N) is 2. The van der Waals surface area contributed by atoms with Crippen molar-refractivity contribution in [3.63, 3.8) is 0 Å². The molecule has 1 aromatic heterocycles. The fourth-order valence-electron chi connectivity index (χ4n) is 2.39. The van der Waals surface area contributed by atoms with Crippen LogP contribution >= 0.6 is 11.3 Å². The number of hydrogen-bond donors (Lipinski definition) is 2. The molecule has 1 aromatic rings. The van der Waals surface area contributed by atoms with Gasteiger partial charge in [-0.05, 0) is 44.1 Å². The molecule has 4 nitrogen and oxygen atoms in total. The van der Waals surface area contributed by atoms with Gasteiger partial charge in [0.15, 0.2) is 0 Å². The minimum atomic E-state index is -3.41. The standard InChI is InChI=1S/C15H26N2O2S2/c1-4-5-6-12(3)17-21(18,19)15-11(2)10-20-14(15)9-16-13-7-8-13/h10,12-13,16-17H,4-9H2,1-3H3. The quantitative estimate of drug-likeness (QED) is 0.731. The third-order valence-electron chi connectivity index (χ3n) is 3.73. The Hall–Kier alpha value is -0.430. The minimum Gasteiger partial charge on any atom is -0.309 e. The summed E-state index contributed by atoms with van der Waals surface area (Å²) in [6.45, 7) is 6.59. The van der Waals surface area contributed by atoms with Gasteiger partial charge in [0.05, 0.1) is 0 Å². The van der Waals surface area contributed by atoms with Crippen LogP contribution in [-0.2, 0) is 16.6 Å². The fraction of sp³-hybridized carbons (Fsp3) is 0.733. The molecule has 0 bridgehead atoms. The highest BCUT2D eigenvalue weighted by atomic mass is 32.2. The average Bonchev–Trinajstić information content (AvgIpc) is 3.16. The fourth-order valence-corrected chi connectivity index (χ4v) is 5.43. The number of thiophene rings is 1. The van der Waals surface area contributed by atoms with Crippen LogP contribution in [0.15, 0.2) is 10.3 Å². The van der Waals surface area contributed by atoms with E-state index in [9.17, 15) is 8.42 Å². The smallest absolute Gasteiger partial charge is 0.242 e. The molecule has 1 fully saturated rings. The third-order valence-corrected chi connectivity index (χ3v) is 6.79. The highest BCUT2D eigenvalue weighted by molar-refractivity contribution is 7.89. The SMILES string of the molecule is CCCCC(C)NS(=O)(=O)c1c(C)csc1CNC1CC1. The van der Waals surface area contributed by atoms with Crippen LogP contribution in [0.3, 0.4) is 0 Å². The van der Waals surface area contributed by atoms with Crippen LogP contribution in [0, 0.1) is 6.92 Å². The van der Waals surface area contributed by atoms with E-state index in [4.69, 9.17) is 0 Å². The summed E-state index contributed by atoms with van der Waals surface area (Å²) in [7, 11) is -3.41. The van der Waals surface area contributed by atoms with Gasteiger partial charge in [-0.2, -0.15) is 0 Å². The molecule has 1 atom stereocenters. The highest BCUT2D eigenvalue weighted by Gasteiger charge is 2.26. The Morgan fingerprint density at radius 3 is 2.76 bits per heavy atom. The summed E-state index contributed by atoms with van der Waals surface area (Å²) < 4.78 is 28.1. The first-order valence-electron chi connectivity index (χ1n) is 7.76. The van der Waals surface area contributed by atoms with Crippen molar-refractivity contribution in [2.24, 2.45) is 0 Å². The molecule has 0 aromatic carbocycles. The first kappa shape index (κ1) is 16.9. The van der Waals surface area contributed by atoms with E-state index in [1.54, 1.807) is 0 Å². The first-order chi connectivity index (χ1) is 9.94. The van der Waals surface area contributed by atoms with E-state index in [2.05, 4.69) is 17.0 Å². The van der Waals surface area contributed by atoms with E-state index < -0.39 is 10.0 Å². The lowest BCUT2D eigenvalue weighted by Crippen LogP contribution is -2.33. The van der Waals surface area contributed by atoms with Crippen LogP contribution in [0.25, 0.3) is 0 Å². The summed E-state index contributed by atoms with van der Waals surface area (Å²) in [5.74, 6) is 0. The van der Waals surface area contributed by atoms with Crippen molar-refractivity contribution >= 4 is 21.4 Å². The Bertz CT molecular complexity index is 562. The first-order valence-corrected chi connectivity index (χ1v) is 10.1. The van der Waals surface area contributed by atoms with Crippen LogP contribution in [-0.4, -0.2) is 20.5 Å². The van der Waals surface area contributed by atoms with Crippen LogP contribution in [0.2, 0.25) is 0 Å². The van der Waals surface area contributed by atoms with Crippen LogP contribution in [0.5, 0.6) is 0 Å². The number of sulfonamides is 1. The molecule has 21 heavy (non-hydrogen) atoms. The molecule has 0 aliphatic heterocycles. The molecule has 1 saturated carbocycles. The van der Waals surface area contributed by atoms with E-state index in [1.807, 2.05) is 19.2 Å². The molecule has 1 aliphatic rings. The molecule has 0 spiro atoms. The monoisotopic (exact) mass is 330 g/mol. The second kappa shape index (κ2) is 7.22. The molecular weight excluding hydrogens is 304 g/mol. The lowest BCUT2D eigenvalue weighted by molar-refractivity contribution is 0.533. The van der Waals surface area contributed by atoms with Crippen LogP contribution in [0.1, 0.15) is 56.4 Å². The predicted molar refractivity (Wildman–Crippen MR) is 88.2 cm³/mol. The molecule has 0 radical (unpaired) electrons. The normalized spacial score (nSPS) is 17.1. The second-order valence-corrected chi connectivity index (χ2v) is 8.61. The van der Waals surface area contributed by atoms with Crippen molar-refractivity contribution < 1.29 is 8.42 Å². The highest BCUT2D eigenvalue weighted by Crippen LogP contribution is 2.28. The van der Waals surface area contributed by atoms with Gasteiger partial charge in [0.25, 0.3) is 0 Å². The molecule has 6 heteroatoms. The minimum absolute atomic E-state index is 0.0153. The predicted octanol–water partition coefficient (Wildman–Crippen LogP) is 3.17. The van der Waals surface area contributed by atoms with Crippen molar-refractivity contribution in [3.8, 4) is 0 Å². The summed E-state index contributed by atoms with van der Waals surface area (Å²) >= 11 is 1.54. The van der Waals surface area contributed by atoms with E-state index in [-0.39, 0.29) is 6.04 Å². The van der Waals surface area contributed by atoms with Crippen molar-refractivity contribution in [1.82, 2.24) is 10.0 Å². The summed E-state index contributed by atoms with van der Waals surface area (Å²) in [5, 5.41) is 5.34. The molecule has 1 unspecified atom stereocenters. The maximum atomic E-state index is 12.6. The Morgan fingerprint density at radius 1 is 1.43 bits per heavy atom. The lowest BCUT2D eigenvalue weighted by Gasteiger charge is -2.15. The zero-order chi connectivity index (χ0) is 15.5. The number of aryl methyl sites for hydroxylation is 1. The number of hydrogen-bond acceptors (Lipinski definition) is 4. The molecule has 2 N–H and O–H groups in total. The van der Waals surface area contributed by atoms with Gasteiger partial charge in [-0.3, -0.25) is 0 Å². The van der Waals surface area contributed by atoms with E-state index in [1.165, 1.54) is 24.2 Å². The third kappa shape index (κ3) is 4.77. The van der Waals surface area contributed by atoms with Crippen molar-refractivity contribution in [3.05, 3.63) is 15.8 Å². The largest absolute Gasteiger partial charge is 0.309 e. The van der Waals surface area contributed by atoms with Crippen molar-refractivity contribution in [1.29, 1.82) is 0 Å². The molecule has 1 heterocycles. The molecule has 2 rings (SSSR count). The molecule has 1 aliphatic carbocycles. The van der Waals surface area contributed by atoms with Gasteiger partial charge in [0, 0.05) is 23.5 Å². The number of unbranched alkanes of at least 4 members (excludes halogenated alkanes) is 1. The van der Waals surface area contributed by atoms with E-state index >= 15 is 0 Å². The summed E-state index contributed by atoms with van der Waals surface area (Å²) in [6, 6.07) is 0.567. The average molecular weight is 331 g/mol. The maximum absolute atomic E-state index is 12.6. The second-order valence-electron chi connectivity index (χ2n) is 5.99. The van der Waals surface area contributed by atoms with Crippen LogP contribution in [0.4, 0.5) is 0 Å². The van der Waals surface area contributed by atoms with Crippen molar-refractivity contribution in [2.75, 3.05) is 0 Å². The Labute approximate surface area is 132 Å². The maximum Gasteiger partial charge on any atom is 0.242 e. The molecule has 0 saturated heterocycles. The Morgan fingerprint density at radius 2 is 2.14 bits per heavy atom. The van der Waals surface area contributed by atoms with Crippen molar-refractivity contribution in [2.45, 2.75) is 76.4 Å². The summed E-state index contributed by atoms with van der Waals surface area (Å²) in [5.41, 5.74) is 0.850. The van der Waals surface area contributed by atoms with Gasteiger partial charge >= 0.3 is 0 Å². The zero-order valence-electron chi connectivity index (χ0n) is 13.1. The van der Waals surface area contributed by atoms with Crippen LogP contribution < -0.4 is 10.0 Å². The van der Waals surface area contributed by atoms with Gasteiger partial charge < -0.3 is 5.32 Å². The molecule has 0 amide bonds. The molecule has 120 valence electrons. The van der Waals surface area contributed by atoms with E-state index in [0.29, 0.717) is 17.5 Å². The summed E-state index contributed by atoms with van der Waals surface area (Å²) in [4.78, 5) is 1.42. The number of rotatable bonds is 9. The van der Waals surface area contributed by atoms with Gasteiger partial charge in [-0.25, -0.2) is 13.1 Å². The Kier molecular flexibility index (Phi) is 5.82. The molecular formula is C15H26N2O2S2.